The molecule has 0 unspecified atom stereocenters. The molecule has 2 aliphatic carbocycles. The van der Waals surface area contributed by atoms with Gasteiger partial charge in [-0.25, -0.2) is 0 Å². The summed E-state index contributed by atoms with van der Waals surface area (Å²) in [5.41, 5.74) is 0.599. The minimum absolute atomic E-state index is 0.160. The first-order valence-corrected chi connectivity index (χ1v) is 9.14. The molecule has 1 aromatic carbocycles. The van der Waals surface area contributed by atoms with Gasteiger partial charge in [0.2, 0.25) is 0 Å². The second-order valence-electron chi connectivity index (χ2n) is 6.87. The smallest absolute Gasteiger partial charge is 0.254 e. The van der Waals surface area contributed by atoms with E-state index in [4.69, 9.17) is 21.1 Å². The van der Waals surface area contributed by atoms with Gasteiger partial charge in [-0.15, -0.1) is 0 Å². The van der Waals surface area contributed by atoms with Crippen LogP contribution in [0.5, 0.6) is 11.5 Å². The molecule has 140 valence electrons. The lowest BCUT2D eigenvalue weighted by Gasteiger charge is -2.13. The van der Waals surface area contributed by atoms with E-state index in [1.54, 1.807) is 18.2 Å². The molecule has 4 atom stereocenters. The van der Waals surface area contributed by atoms with E-state index in [1.165, 1.54) is 13.3 Å². The number of fused-ring (bicyclic) bond motifs is 5. The number of benzene rings is 1. The van der Waals surface area contributed by atoms with Crippen molar-refractivity contribution in [1.82, 2.24) is 5.01 Å². The molecule has 1 heterocycles. The Kier molecular flexibility index (Phi) is 4.52. The number of nitrogens with zero attached hydrogens (tertiary/aromatic N) is 2. The topological polar surface area (TPSA) is 68.2 Å². The number of amides is 2. The number of rotatable bonds is 6. The molecule has 3 aliphatic rings. The summed E-state index contributed by atoms with van der Waals surface area (Å²) in [6.07, 6.45) is 8.05. The summed E-state index contributed by atoms with van der Waals surface area (Å²) in [4.78, 5) is 25.3. The molecule has 0 spiro atoms. The molecular weight excluding hydrogens is 368 g/mol. The van der Waals surface area contributed by atoms with Crippen LogP contribution in [0.4, 0.5) is 0 Å². The van der Waals surface area contributed by atoms with E-state index in [2.05, 4.69) is 23.8 Å². The maximum Gasteiger partial charge on any atom is 0.254 e. The van der Waals surface area contributed by atoms with Crippen molar-refractivity contribution >= 4 is 29.6 Å². The monoisotopic (exact) mass is 386 g/mol. The summed E-state index contributed by atoms with van der Waals surface area (Å²) in [6, 6.07) is 3.33. The SMILES string of the molecule is C=CCOc1c(Cl)cc(C=NN2C(=O)[C@@H]3[C@H](C2=O)[C@H]2C=C[C@H]3C2)cc1OC. The highest BCUT2D eigenvalue weighted by Crippen LogP contribution is 2.52. The van der Waals surface area contributed by atoms with Crippen LogP contribution in [0.3, 0.4) is 0 Å². The number of carbonyl (C=O) groups is 2. The Balaban J connectivity index is 1.57. The molecule has 1 saturated carbocycles. The highest BCUT2D eigenvalue weighted by molar-refractivity contribution is 6.32. The van der Waals surface area contributed by atoms with E-state index in [1.807, 2.05) is 0 Å². The van der Waals surface area contributed by atoms with Gasteiger partial charge in [0.1, 0.15) is 6.61 Å². The molecule has 6 nitrogen and oxygen atoms in total. The number of carbonyl (C=O) groups excluding carboxylic acids is 2. The molecular formula is C20H19ClN2O4. The molecule has 2 bridgehead atoms. The summed E-state index contributed by atoms with van der Waals surface area (Å²) >= 11 is 6.27. The third-order valence-electron chi connectivity index (χ3n) is 5.37. The Bertz CT molecular complexity index is 849. The molecule has 1 aromatic rings. The van der Waals surface area contributed by atoms with Crippen LogP contribution in [0, 0.1) is 23.7 Å². The van der Waals surface area contributed by atoms with E-state index in [9.17, 15) is 9.59 Å². The zero-order valence-electron chi connectivity index (χ0n) is 14.8. The van der Waals surface area contributed by atoms with E-state index >= 15 is 0 Å². The highest BCUT2D eigenvalue weighted by atomic mass is 35.5. The summed E-state index contributed by atoms with van der Waals surface area (Å²) in [5, 5.41) is 5.50. The van der Waals surface area contributed by atoms with Crippen molar-refractivity contribution in [2.24, 2.45) is 28.8 Å². The van der Waals surface area contributed by atoms with Gasteiger partial charge in [-0.05, 0) is 36.0 Å². The van der Waals surface area contributed by atoms with Crippen molar-refractivity contribution in [2.75, 3.05) is 13.7 Å². The lowest BCUT2D eigenvalue weighted by atomic mass is 9.85. The second-order valence-corrected chi connectivity index (χ2v) is 7.27. The van der Waals surface area contributed by atoms with Crippen molar-refractivity contribution in [2.45, 2.75) is 6.42 Å². The van der Waals surface area contributed by atoms with Crippen LogP contribution in [0.25, 0.3) is 0 Å². The first-order valence-electron chi connectivity index (χ1n) is 8.76. The normalized spacial score (nSPS) is 28.3. The number of hydrazone groups is 1. The molecule has 0 N–H and O–H groups in total. The summed E-state index contributed by atoms with van der Waals surface area (Å²) < 4.78 is 10.8. The number of methoxy groups -OCH3 is 1. The minimum atomic E-state index is -0.266. The fourth-order valence-corrected chi connectivity index (χ4v) is 4.50. The van der Waals surface area contributed by atoms with Gasteiger partial charge >= 0.3 is 0 Å². The molecule has 1 aliphatic heterocycles. The van der Waals surface area contributed by atoms with Crippen LogP contribution < -0.4 is 9.47 Å². The second kappa shape index (κ2) is 6.85. The van der Waals surface area contributed by atoms with Crippen molar-refractivity contribution in [1.29, 1.82) is 0 Å². The molecule has 0 radical (unpaired) electrons. The average molecular weight is 387 g/mol. The summed E-state index contributed by atoms with van der Waals surface area (Å²) in [6.45, 7) is 3.89. The fraction of sp³-hybridized carbons (Fsp3) is 0.350. The number of halogens is 1. The Morgan fingerprint density at radius 2 is 1.93 bits per heavy atom. The number of imide groups is 1. The van der Waals surface area contributed by atoms with Crippen LogP contribution in [-0.2, 0) is 9.59 Å². The number of allylic oxidation sites excluding steroid dienone is 2. The van der Waals surface area contributed by atoms with Crippen LogP contribution in [0.1, 0.15) is 12.0 Å². The standard InChI is InChI=1S/C20H19ClN2O4/c1-3-6-27-18-14(21)7-11(8-15(18)26-2)10-22-23-19(24)16-12-4-5-13(9-12)17(16)20(23)25/h3-5,7-8,10,12-13,16-17H,1,6,9H2,2H3/t12-,13-,16-,17+/m0/s1. The Morgan fingerprint density at radius 1 is 1.26 bits per heavy atom. The predicted molar refractivity (Wildman–Crippen MR) is 101 cm³/mol. The fourth-order valence-electron chi connectivity index (χ4n) is 4.22. The van der Waals surface area contributed by atoms with Gasteiger partial charge in [-0.2, -0.15) is 10.1 Å². The van der Waals surface area contributed by atoms with Gasteiger partial charge in [0, 0.05) is 0 Å². The first-order chi connectivity index (χ1) is 13.0. The maximum absolute atomic E-state index is 12.6. The molecule has 4 rings (SSSR count). The van der Waals surface area contributed by atoms with Gasteiger partial charge in [-0.1, -0.05) is 36.4 Å². The van der Waals surface area contributed by atoms with Crippen LogP contribution in [0.15, 0.2) is 42.0 Å². The van der Waals surface area contributed by atoms with Crippen LogP contribution >= 0.6 is 11.6 Å². The van der Waals surface area contributed by atoms with Gasteiger partial charge in [0.25, 0.3) is 11.8 Å². The molecule has 7 heteroatoms. The van der Waals surface area contributed by atoms with Crippen LogP contribution in [0.2, 0.25) is 5.02 Å². The van der Waals surface area contributed by atoms with Crippen molar-refractivity contribution in [3.63, 3.8) is 0 Å². The zero-order valence-corrected chi connectivity index (χ0v) is 15.6. The molecule has 2 amide bonds. The third-order valence-corrected chi connectivity index (χ3v) is 5.65. The van der Waals surface area contributed by atoms with Gasteiger partial charge in [0.15, 0.2) is 11.5 Å². The van der Waals surface area contributed by atoms with Gasteiger partial charge < -0.3 is 9.47 Å². The van der Waals surface area contributed by atoms with E-state index < -0.39 is 0 Å². The predicted octanol–water partition coefficient (Wildman–Crippen LogP) is 3.05. The van der Waals surface area contributed by atoms with Gasteiger partial charge in [0.05, 0.1) is 30.2 Å². The number of ether oxygens (including phenoxy) is 2. The van der Waals surface area contributed by atoms with Crippen molar-refractivity contribution in [3.8, 4) is 11.5 Å². The lowest BCUT2D eigenvalue weighted by Crippen LogP contribution is -2.28. The molecule has 0 aromatic heterocycles. The first kappa shape index (κ1) is 17.8. The van der Waals surface area contributed by atoms with E-state index in [0.29, 0.717) is 28.7 Å². The molecule has 27 heavy (non-hydrogen) atoms. The van der Waals surface area contributed by atoms with Crippen LogP contribution in [-0.4, -0.2) is 36.8 Å². The molecule has 2 fully saturated rings. The third kappa shape index (κ3) is 2.84. The van der Waals surface area contributed by atoms with E-state index in [-0.39, 0.29) is 35.5 Å². The Morgan fingerprint density at radius 3 is 2.52 bits per heavy atom. The zero-order chi connectivity index (χ0) is 19.1. The largest absolute Gasteiger partial charge is 0.493 e. The summed E-state index contributed by atoms with van der Waals surface area (Å²) in [7, 11) is 1.50. The number of hydrogen-bond donors (Lipinski definition) is 0. The Labute approximate surface area is 162 Å². The average Bonchev–Trinajstić information content (AvgIpc) is 3.33. The molecule has 1 saturated heterocycles. The maximum atomic E-state index is 12.6. The lowest BCUT2D eigenvalue weighted by molar-refractivity contribution is -0.140. The highest BCUT2D eigenvalue weighted by Gasteiger charge is 2.59. The van der Waals surface area contributed by atoms with Crippen molar-refractivity contribution in [3.05, 3.63) is 47.5 Å². The Hall–Kier alpha value is -2.60. The minimum Gasteiger partial charge on any atom is -0.493 e. The van der Waals surface area contributed by atoms with Gasteiger partial charge in [-0.3, -0.25) is 9.59 Å². The quantitative estimate of drug-likeness (QED) is 0.428. The summed E-state index contributed by atoms with van der Waals surface area (Å²) in [5.74, 6) is 0.185. The van der Waals surface area contributed by atoms with E-state index in [0.717, 1.165) is 11.4 Å². The van der Waals surface area contributed by atoms with Crippen molar-refractivity contribution < 1.29 is 19.1 Å². The number of hydrogen-bond acceptors (Lipinski definition) is 5.